The van der Waals surface area contributed by atoms with Crippen LogP contribution < -0.4 is 5.32 Å². The van der Waals surface area contributed by atoms with Gasteiger partial charge in [0.1, 0.15) is 5.69 Å². The maximum Gasteiger partial charge on any atom is 0.230 e. The first-order valence-corrected chi connectivity index (χ1v) is 7.65. The van der Waals surface area contributed by atoms with Gasteiger partial charge in [0, 0.05) is 24.1 Å². The van der Waals surface area contributed by atoms with Gasteiger partial charge in [-0.2, -0.15) is 0 Å². The normalized spacial score (nSPS) is 21.1. The van der Waals surface area contributed by atoms with Crippen LogP contribution in [-0.4, -0.2) is 21.7 Å². The summed E-state index contributed by atoms with van der Waals surface area (Å²) in [5, 5.41) is 2.76. The SMILES string of the molecule is CC1(C)CC(=O)c2nc(NC(=O)C3CCCC3)ncc2C1. The lowest BCUT2D eigenvalue weighted by atomic mass is 9.76. The van der Waals surface area contributed by atoms with Crippen LogP contribution in [-0.2, 0) is 11.2 Å². The Kier molecular flexibility index (Phi) is 3.51. The summed E-state index contributed by atoms with van der Waals surface area (Å²) in [7, 11) is 0. The zero-order chi connectivity index (χ0) is 15.0. The third-order valence-electron chi connectivity index (χ3n) is 4.40. The number of nitrogens with one attached hydrogen (secondary N) is 1. The Morgan fingerprint density at radius 3 is 2.71 bits per heavy atom. The molecule has 2 aliphatic rings. The van der Waals surface area contributed by atoms with Crippen LogP contribution in [0.2, 0.25) is 0 Å². The minimum absolute atomic E-state index is 0.0176. The molecule has 0 radical (unpaired) electrons. The minimum Gasteiger partial charge on any atom is -0.294 e. The fourth-order valence-electron chi connectivity index (χ4n) is 3.33. The maximum atomic E-state index is 12.2. The lowest BCUT2D eigenvalue weighted by Gasteiger charge is -2.29. The van der Waals surface area contributed by atoms with Gasteiger partial charge in [0.15, 0.2) is 5.78 Å². The Morgan fingerprint density at radius 1 is 1.29 bits per heavy atom. The quantitative estimate of drug-likeness (QED) is 0.907. The zero-order valence-corrected chi connectivity index (χ0v) is 12.6. The number of carbonyl (C=O) groups is 2. The second-order valence-electron chi connectivity index (χ2n) is 6.98. The highest BCUT2D eigenvalue weighted by molar-refractivity contribution is 5.98. The fraction of sp³-hybridized carbons (Fsp3) is 0.625. The average molecular weight is 287 g/mol. The van der Waals surface area contributed by atoms with Gasteiger partial charge in [-0.05, 0) is 24.7 Å². The Labute approximate surface area is 124 Å². The molecule has 0 spiro atoms. The Morgan fingerprint density at radius 2 is 2.00 bits per heavy atom. The van der Waals surface area contributed by atoms with Crippen molar-refractivity contribution in [3.63, 3.8) is 0 Å². The summed E-state index contributed by atoms with van der Waals surface area (Å²) in [6.07, 6.45) is 7.06. The van der Waals surface area contributed by atoms with Crippen molar-refractivity contribution in [2.45, 2.75) is 52.4 Å². The number of hydrogen-bond donors (Lipinski definition) is 1. The molecule has 1 aromatic rings. The van der Waals surface area contributed by atoms with Gasteiger partial charge in [0.05, 0.1) is 0 Å². The van der Waals surface area contributed by atoms with Crippen LogP contribution in [0.1, 0.15) is 62.0 Å². The summed E-state index contributed by atoms with van der Waals surface area (Å²) >= 11 is 0. The van der Waals surface area contributed by atoms with Crippen LogP contribution >= 0.6 is 0 Å². The summed E-state index contributed by atoms with van der Waals surface area (Å²) in [4.78, 5) is 32.8. The van der Waals surface area contributed by atoms with Crippen LogP contribution in [0, 0.1) is 11.3 Å². The molecule has 5 heteroatoms. The first-order valence-electron chi connectivity index (χ1n) is 7.65. The first kappa shape index (κ1) is 14.2. The summed E-state index contributed by atoms with van der Waals surface area (Å²) in [6.45, 7) is 4.15. The topological polar surface area (TPSA) is 72.0 Å². The maximum absolute atomic E-state index is 12.2. The van der Waals surface area contributed by atoms with Crippen molar-refractivity contribution in [1.82, 2.24) is 9.97 Å². The highest BCUT2D eigenvalue weighted by Crippen LogP contribution is 2.34. The molecule has 0 atom stereocenters. The second kappa shape index (κ2) is 5.20. The van der Waals surface area contributed by atoms with Gasteiger partial charge in [-0.25, -0.2) is 9.97 Å². The molecule has 21 heavy (non-hydrogen) atoms. The van der Waals surface area contributed by atoms with E-state index in [0.717, 1.165) is 37.7 Å². The van der Waals surface area contributed by atoms with Gasteiger partial charge in [-0.15, -0.1) is 0 Å². The van der Waals surface area contributed by atoms with Crippen LogP contribution in [0.4, 0.5) is 5.95 Å². The molecule has 1 N–H and O–H groups in total. The van der Waals surface area contributed by atoms with Crippen molar-refractivity contribution in [3.8, 4) is 0 Å². The number of nitrogens with zero attached hydrogens (tertiary/aromatic N) is 2. The first-order chi connectivity index (χ1) is 9.94. The molecule has 0 aliphatic heterocycles. The molecule has 0 bridgehead atoms. The molecule has 1 fully saturated rings. The number of ketones is 1. The minimum atomic E-state index is -0.0396. The number of anilines is 1. The number of rotatable bonds is 2. The molecule has 3 rings (SSSR count). The molecule has 1 saturated carbocycles. The highest BCUT2D eigenvalue weighted by Gasteiger charge is 2.32. The van der Waals surface area contributed by atoms with E-state index in [1.807, 2.05) is 0 Å². The third-order valence-corrected chi connectivity index (χ3v) is 4.40. The molecular formula is C16H21N3O2. The molecule has 112 valence electrons. The number of Topliss-reactive ketones (excluding diaryl/α,β-unsaturated/α-hetero) is 1. The molecule has 1 amide bonds. The van der Waals surface area contributed by atoms with Crippen LogP contribution in [0.3, 0.4) is 0 Å². The van der Waals surface area contributed by atoms with Crippen molar-refractivity contribution in [3.05, 3.63) is 17.5 Å². The summed E-state index contributed by atoms with van der Waals surface area (Å²) in [6, 6.07) is 0. The Bertz CT molecular complexity index is 589. The van der Waals surface area contributed by atoms with E-state index in [-0.39, 0.29) is 29.0 Å². The van der Waals surface area contributed by atoms with E-state index < -0.39 is 0 Å². The van der Waals surface area contributed by atoms with Crippen molar-refractivity contribution in [2.24, 2.45) is 11.3 Å². The molecule has 5 nitrogen and oxygen atoms in total. The van der Waals surface area contributed by atoms with E-state index in [9.17, 15) is 9.59 Å². The molecule has 1 aromatic heterocycles. The number of aromatic nitrogens is 2. The van der Waals surface area contributed by atoms with Gasteiger partial charge in [-0.3, -0.25) is 14.9 Å². The van der Waals surface area contributed by atoms with E-state index >= 15 is 0 Å². The number of carbonyl (C=O) groups excluding carboxylic acids is 2. The predicted molar refractivity (Wildman–Crippen MR) is 79.1 cm³/mol. The van der Waals surface area contributed by atoms with Crippen molar-refractivity contribution < 1.29 is 9.59 Å². The average Bonchev–Trinajstić information content (AvgIpc) is 2.92. The van der Waals surface area contributed by atoms with E-state index in [2.05, 4.69) is 29.1 Å². The van der Waals surface area contributed by atoms with Gasteiger partial charge in [-0.1, -0.05) is 26.7 Å². The standard InChI is InChI=1S/C16H21N3O2/c1-16(2)7-11-9-17-15(18-13(11)12(20)8-16)19-14(21)10-5-3-4-6-10/h9-10H,3-8H2,1-2H3,(H,17,18,19,21). The number of amides is 1. The molecule has 0 saturated heterocycles. The summed E-state index contributed by atoms with van der Waals surface area (Å²) < 4.78 is 0. The predicted octanol–water partition coefficient (Wildman–Crippen LogP) is 2.76. The number of hydrogen-bond acceptors (Lipinski definition) is 4. The van der Waals surface area contributed by atoms with Crippen molar-refractivity contribution >= 4 is 17.6 Å². The van der Waals surface area contributed by atoms with E-state index in [4.69, 9.17) is 0 Å². The molecule has 0 unspecified atom stereocenters. The summed E-state index contributed by atoms with van der Waals surface area (Å²) in [5.41, 5.74) is 1.32. The van der Waals surface area contributed by atoms with E-state index in [1.54, 1.807) is 6.20 Å². The lowest BCUT2D eigenvalue weighted by molar-refractivity contribution is -0.119. The fourth-order valence-corrected chi connectivity index (χ4v) is 3.33. The van der Waals surface area contributed by atoms with Gasteiger partial charge in [0.2, 0.25) is 11.9 Å². The molecule has 1 heterocycles. The smallest absolute Gasteiger partial charge is 0.230 e. The second-order valence-corrected chi connectivity index (χ2v) is 6.98. The largest absolute Gasteiger partial charge is 0.294 e. The molecular weight excluding hydrogens is 266 g/mol. The zero-order valence-electron chi connectivity index (χ0n) is 12.6. The van der Waals surface area contributed by atoms with E-state index in [1.165, 1.54) is 0 Å². The highest BCUT2D eigenvalue weighted by atomic mass is 16.2. The van der Waals surface area contributed by atoms with Crippen molar-refractivity contribution in [1.29, 1.82) is 0 Å². The van der Waals surface area contributed by atoms with Crippen LogP contribution in [0.15, 0.2) is 6.20 Å². The lowest BCUT2D eigenvalue weighted by Crippen LogP contribution is -2.29. The van der Waals surface area contributed by atoms with Crippen molar-refractivity contribution in [2.75, 3.05) is 5.32 Å². The Hall–Kier alpha value is -1.78. The monoisotopic (exact) mass is 287 g/mol. The van der Waals surface area contributed by atoms with Gasteiger partial charge < -0.3 is 0 Å². The van der Waals surface area contributed by atoms with Gasteiger partial charge in [0.25, 0.3) is 0 Å². The van der Waals surface area contributed by atoms with Crippen LogP contribution in [0.25, 0.3) is 0 Å². The summed E-state index contributed by atoms with van der Waals surface area (Å²) in [5.74, 6) is 0.356. The van der Waals surface area contributed by atoms with E-state index in [0.29, 0.717) is 12.1 Å². The number of fused-ring (bicyclic) bond motifs is 1. The van der Waals surface area contributed by atoms with Gasteiger partial charge >= 0.3 is 0 Å². The van der Waals surface area contributed by atoms with Crippen LogP contribution in [0.5, 0.6) is 0 Å². The molecule has 2 aliphatic carbocycles. The molecule has 0 aromatic carbocycles. The third kappa shape index (κ3) is 2.96. The Balaban J connectivity index is 1.78.